The predicted molar refractivity (Wildman–Crippen MR) is 94.2 cm³/mol. The molecular weight excluding hydrogens is 256 g/mol. The van der Waals surface area contributed by atoms with Crippen LogP contribution in [0.5, 0.6) is 0 Å². The lowest BCUT2D eigenvalue weighted by Crippen LogP contribution is -2.36. The van der Waals surface area contributed by atoms with Gasteiger partial charge in [-0.3, -0.25) is 4.90 Å². The molecule has 0 spiro atoms. The zero-order valence-electron chi connectivity index (χ0n) is 13.7. The molecule has 0 aliphatic rings. The molecule has 2 heteroatoms. The molecule has 0 saturated heterocycles. The van der Waals surface area contributed by atoms with E-state index < -0.39 is 0 Å². The van der Waals surface area contributed by atoms with Gasteiger partial charge in [-0.2, -0.15) is 0 Å². The summed E-state index contributed by atoms with van der Waals surface area (Å²) in [4.78, 5) is 2.34. The summed E-state index contributed by atoms with van der Waals surface area (Å²) in [6.07, 6.45) is 5.90. The number of nitrogens with one attached hydrogen (secondary N) is 1. The Morgan fingerprint density at radius 3 is 2.67 bits per heavy atom. The van der Waals surface area contributed by atoms with Crippen LogP contribution in [-0.4, -0.2) is 25.0 Å². The van der Waals surface area contributed by atoms with Crippen LogP contribution in [0.25, 0.3) is 6.08 Å². The molecule has 1 aromatic rings. The maximum Gasteiger partial charge on any atom is 0.0492 e. The van der Waals surface area contributed by atoms with Crippen molar-refractivity contribution >= 4 is 6.08 Å². The molecule has 0 amide bonds. The first-order chi connectivity index (χ1) is 10.0. The molecule has 0 aliphatic heterocycles. The summed E-state index contributed by atoms with van der Waals surface area (Å²) in [6, 6.07) is 6.80. The summed E-state index contributed by atoms with van der Waals surface area (Å²) in [5.74, 6) is 0. The molecule has 0 aromatic heterocycles. The van der Waals surface area contributed by atoms with Crippen molar-refractivity contribution in [2.24, 2.45) is 0 Å². The van der Waals surface area contributed by atoms with E-state index in [9.17, 15) is 0 Å². The van der Waals surface area contributed by atoms with Gasteiger partial charge in [0.15, 0.2) is 0 Å². The van der Waals surface area contributed by atoms with E-state index in [2.05, 4.69) is 62.1 Å². The van der Waals surface area contributed by atoms with Crippen molar-refractivity contribution in [2.75, 3.05) is 14.1 Å². The predicted octanol–water partition coefficient (Wildman–Crippen LogP) is 4.14. The van der Waals surface area contributed by atoms with Crippen molar-refractivity contribution in [1.29, 1.82) is 0 Å². The van der Waals surface area contributed by atoms with Crippen molar-refractivity contribution in [3.05, 3.63) is 66.4 Å². The minimum absolute atomic E-state index is 0.297. The third-order valence-electron chi connectivity index (χ3n) is 3.84. The van der Waals surface area contributed by atoms with Crippen LogP contribution in [0, 0.1) is 6.92 Å². The molecule has 0 fully saturated rings. The normalized spacial score (nSPS) is 12.0. The first kappa shape index (κ1) is 17.3. The molecule has 0 aliphatic carbocycles. The minimum atomic E-state index is 0.297. The maximum atomic E-state index is 4.14. The number of hydrogen-bond donors (Lipinski definition) is 1. The van der Waals surface area contributed by atoms with Crippen LogP contribution in [0.15, 0.2) is 49.7 Å². The number of nitrogens with zero attached hydrogens (tertiary/aromatic N) is 1. The van der Waals surface area contributed by atoms with Gasteiger partial charge in [0.2, 0.25) is 0 Å². The fraction of sp³-hybridized carbons (Fsp3) is 0.368. The zero-order chi connectivity index (χ0) is 15.8. The Hall–Kier alpha value is -1.80. The molecule has 0 radical (unpaired) electrons. The lowest BCUT2D eigenvalue weighted by Gasteiger charge is -2.30. The Kier molecular flexibility index (Phi) is 6.97. The Morgan fingerprint density at radius 1 is 1.38 bits per heavy atom. The van der Waals surface area contributed by atoms with Gasteiger partial charge in [0.05, 0.1) is 0 Å². The van der Waals surface area contributed by atoms with Crippen LogP contribution in [0.2, 0.25) is 0 Å². The summed E-state index contributed by atoms with van der Waals surface area (Å²) in [6.45, 7) is 14.9. The third kappa shape index (κ3) is 4.91. The van der Waals surface area contributed by atoms with Gasteiger partial charge in [-0.25, -0.2) is 0 Å². The highest BCUT2D eigenvalue weighted by Gasteiger charge is 2.17. The molecule has 1 N–H and O–H groups in total. The highest BCUT2D eigenvalue weighted by Crippen LogP contribution is 2.19. The smallest absolute Gasteiger partial charge is 0.0492 e. The number of allylic oxidation sites excluding steroid dienone is 1. The second-order valence-corrected chi connectivity index (χ2v) is 5.48. The Balaban J connectivity index is 2.92. The average Bonchev–Trinajstić information content (AvgIpc) is 2.47. The molecule has 0 bridgehead atoms. The topological polar surface area (TPSA) is 15.3 Å². The van der Waals surface area contributed by atoms with Crippen molar-refractivity contribution < 1.29 is 0 Å². The van der Waals surface area contributed by atoms with Crippen molar-refractivity contribution in [3.63, 3.8) is 0 Å². The van der Waals surface area contributed by atoms with Crippen LogP contribution in [0.1, 0.15) is 29.5 Å². The van der Waals surface area contributed by atoms with Gasteiger partial charge in [-0.15, -0.1) is 6.58 Å². The number of aryl methyl sites for hydroxylation is 1. The summed E-state index contributed by atoms with van der Waals surface area (Å²) in [7, 11) is 4.07. The van der Waals surface area contributed by atoms with E-state index >= 15 is 0 Å². The minimum Gasteiger partial charge on any atom is -0.391 e. The van der Waals surface area contributed by atoms with Gasteiger partial charge in [0.1, 0.15) is 0 Å². The lowest BCUT2D eigenvalue weighted by molar-refractivity contribution is 0.246. The van der Waals surface area contributed by atoms with Gasteiger partial charge in [-0.05, 0) is 37.9 Å². The van der Waals surface area contributed by atoms with E-state index in [1.54, 1.807) is 0 Å². The van der Waals surface area contributed by atoms with E-state index in [1.165, 1.54) is 16.7 Å². The molecule has 1 atom stereocenters. The van der Waals surface area contributed by atoms with Crippen LogP contribution in [-0.2, 0) is 6.54 Å². The number of benzene rings is 1. The molecule has 0 heterocycles. The van der Waals surface area contributed by atoms with Crippen LogP contribution >= 0.6 is 0 Å². The SMILES string of the molecule is C=CCCC(C(=C)NC)N(C)Cc1cc(C)ccc1C=C. The van der Waals surface area contributed by atoms with Gasteiger partial charge in [-0.1, -0.05) is 49.1 Å². The lowest BCUT2D eigenvalue weighted by atomic mass is 10.0. The summed E-state index contributed by atoms with van der Waals surface area (Å²) >= 11 is 0. The summed E-state index contributed by atoms with van der Waals surface area (Å²) in [5.41, 5.74) is 4.83. The van der Waals surface area contributed by atoms with Crippen LogP contribution in [0.3, 0.4) is 0 Å². The first-order valence-corrected chi connectivity index (χ1v) is 7.43. The highest BCUT2D eigenvalue weighted by molar-refractivity contribution is 5.52. The van der Waals surface area contributed by atoms with Gasteiger partial charge in [0, 0.05) is 25.3 Å². The fourth-order valence-electron chi connectivity index (χ4n) is 2.55. The standard InChI is InChI=1S/C19H28N2/c1-7-9-10-19(16(4)20-5)21(6)14-18-13-15(3)11-12-17(18)8-2/h7-8,11-13,19-20H,1-2,4,9-10,14H2,3,5-6H3. The van der Waals surface area contributed by atoms with Gasteiger partial charge < -0.3 is 5.32 Å². The summed E-state index contributed by atoms with van der Waals surface area (Å²) < 4.78 is 0. The van der Waals surface area contributed by atoms with E-state index in [1.807, 2.05) is 19.2 Å². The zero-order valence-corrected chi connectivity index (χ0v) is 13.7. The van der Waals surface area contributed by atoms with Crippen LogP contribution in [0.4, 0.5) is 0 Å². The Labute approximate surface area is 129 Å². The second-order valence-electron chi connectivity index (χ2n) is 5.48. The van der Waals surface area contributed by atoms with Crippen molar-refractivity contribution in [2.45, 2.75) is 32.4 Å². The van der Waals surface area contributed by atoms with Crippen molar-refractivity contribution in [1.82, 2.24) is 10.2 Å². The quantitative estimate of drug-likeness (QED) is 0.686. The number of rotatable bonds is 9. The molecule has 1 aromatic carbocycles. The third-order valence-corrected chi connectivity index (χ3v) is 3.84. The van der Waals surface area contributed by atoms with Gasteiger partial charge in [0.25, 0.3) is 0 Å². The summed E-state index contributed by atoms with van der Waals surface area (Å²) in [5, 5.41) is 3.19. The van der Waals surface area contributed by atoms with E-state index in [4.69, 9.17) is 0 Å². The molecule has 114 valence electrons. The van der Waals surface area contributed by atoms with E-state index in [0.717, 1.165) is 25.1 Å². The van der Waals surface area contributed by atoms with Gasteiger partial charge >= 0.3 is 0 Å². The van der Waals surface area contributed by atoms with Crippen LogP contribution < -0.4 is 5.32 Å². The van der Waals surface area contributed by atoms with E-state index in [0.29, 0.717) is 6.04 Å². The second kappa shape index (κ2) is 8.48. The number of likely N-dealkylation sites (N-methyl/N-ethyl adjacent to an activating group) is 2. The fourth-order valence-corrected chi connectivity index (χ4v) is 2.55. The molecule has 2 nitrogen and oxygen atoms in total. The maximum absolute atomic E-state index is 4.14. The molecule has 1 rings (SSSR count). The molecule has 21 heavy (non-hydrogen) atoms. The molecule has 0 saturated carbocycles. The molecular formula is C19H28N2. The average molecular weight is 284 g/mol. The largest absolute Gasteiger partial charge is 0.391 e. The first-order valence-electron chi connectivity index (χ1n) is 7.43. The Morgan fingerprint density at radius 2 is 2.10 bits per heavy atom. The van der Waals surface area contributed by atoms with Crippen molar-refractivity contribution in [3.8, 4) is 0 Å². The molecule has 1 unspecified atom stereocenters. The highest BCUT2D eigenvalue weighted by atomic mass is 15.1. The number of hydrogen-bond acceptors (Lipinski definition) is 2. The Bertz CT molecular complexity index is 502. The van der Waals surface area contributed by atoms with E-state index in [-0.39, 0.29) is 0 Å². The monoisotopic (exact) mass is 284 g/mol.